The number of benzene rings is 1. The second-order valence-corrected chi connectivity index (χ2v) is 7.27. The molecule has 1 aromatic heterocycles. The molecule has 0 aliphatic rings. The van der Waals surface area contributed by atoms with Gasteiger partial charge in [-0.2, -0.15) is 0 Å². The number of carbonyl (C=O) groups is 3. The fraction of sp³-hybridized carbons (Fsp3) is 0.316. The number of hydrogen-bond acceptors (Lipinski definition) is 6. The first kappa shape index (κ1) is 20.6. The van der Waals surface area contributed by atoms with E-state index < -0.39 is 5.97 Å². The first-order valence-electron chi connectivity index (χ1n) is 8.29. The lowest BCUT2D eigenvalue weighted by atomic mass is 10.2. The molecule has 2 rings (SSSR count). The zero-order valence-electron chi connectivity index (χ0n) is 15.6. The Morgan fingerprint density at radius 3 is 2.48 bits per heavy atom. The van der Waals surface area contributed by atoms with Crippen LogP contribution in [0.15, 0.2) is 39.6 Å². The number of methoxy groups -OCH3 is 1. The van der Waals surface area contributed by atoms with E-state index in [-0.39, 0.29) is 23.6 Å². The van der Waals surface area contributed by atoms with E-state index in [1.807, 2.05) is 12.1 Å². The third kappa shape index (κ3) is 5.89. The van der Waals surface area contributed by atoms with Crippen molar-refractivity contribution >= 4 is 35.2 Å². The van der Waals surface area contributed by atoms with Crippen molar-refractivity contribution < 1.29 is 23.5 Å². The molecule has 27 heavy (non-hydrogen) atoms. The molecule has 0 radical (unpaired) electrons. The summed E-state index contributed by atoms with van der Waals surface area (Å²) in [5, 5.41) is 5.16. The first-order chi connectivity index (χ1) is 12.8. The number of nitrogens with one attached hydrogen (secondary N) is 2. The minimum absolute atomic E-state index is 0.133. The predicted octanol–water partition coefficient (Wildman–Crippen LogP) is 3.13. The zero-order chi connectivity index (χ0) is 20.0. The van der Waals surface area contributed by atoms with E-state index in [2.05, 4.69) is 15.4 Å². The standard InChI is InChI=1S/C19H22N2O5S/c1-11-17(19(24)25-4)9-15(26-11)10-20-18(23)12(2)27-16-7-5-14(6-8-16)21-13(3)22/h5-9,12H,10H2,1-4H3,(H,20,23)(H,21,22). The van der Waals surface area contributed by atoms with Gasteiger partial charge in [0.1, 0.15) is 17.1 Å². The highest BCUT2D eigenvalue weighted by atomic mass is 32.2. The summed E-state index contributed by atoms with van der Waals surface area (Å²) in [6.07, 6.45) is 0. The average Bonchev–Trinajstić information content (AvgIpc) is 3.00. The van der Waals surface area contributed by atoms with Crippen LogP contribution in [0.1, 0.15) is 35.7 Å². The summed E-state index contributed by atoms with van der Waals surface area (Å²) in [4.78, 5) is 35.8. The number of thioether (sulfide) groups is 1. The van der Waals surface area contributed by atoms with Crippen LogP contribution in [0.25, 0.3) is 0 Å². The van der Waals surface area contributed by atoms with Crippen LogP contribution >= 0.6 is 11.8 Å². The van der Waals surface area contributed by atoms with Crippen molar-refractivity contribution in [2.24, 2.45) is 0 Å². The van der Waals surface area contributed by atoms with E-state index in [0.29, 0.717) is 22.8 Å². The number of amides is 2. The average molecular weight is 390 g/mol. The summed E-state index contributed by atoms with van der Waals surface area (Å²) in [5.41, 5.74) is 1.06. The molecule has 0 fully saturated rings. The quantitative estimate of drug-likeness (QED) is 0.557. The first-order valence-corrected chi connectivity index (χ1v) is 9.17. The summed E-state index contributed by atoms with van der Waals surface area (Å²) in [5.74, 6) is 0.178. The fourth-order valence-electron chi connectivity index (χ4n) is 2.34. The molecule has 7 nitrogen and oxygen atoms in total. The number of hydrogen-bond donors (Lipinski definition) is 2. The van der Waals surface area contributed by atoms with Crippen molar-refractivity contribution in [2.45, 2.75) is 37.5 Å². The van der Waals surface area contributed by atoms with E-state index in [1.165, 1.54) is 25.8 Å². The van der Waals surface area contributed by atoms with Crippen molar-refractivity contribution in [3.63, 3.8) is 0 Å². The molecule has 0 saturated heterocycles. The van der Waals surface area contributed by atoms with Crippen LogP contribution in [0.3, 0.4) is 0 Å². The maximum Gasteiger partial charge on any atom is 0.341 e. The number of rotatable bonds is 7. The van der Waals surface area contributed by atoms with E-state index in [9.17, 15) is 14.4 Å². The zero-order valence-corrected chi connectivity index (χ0v) is 16.4. The van der Waals surface area contributed by atoms with Gasteiger partial charge in [0, 0.05) is 17.5 Å². The number of furan rings is 1. The molecule has 1 atom stereocenters. The van der Waals surface area contributed by atoms with Crippen LogP contribution < -0.4 is 10.6 Å². The van der Waals surface area contributed by atoms with Crippen LogP contribution in [0.5, 0.6) is 0 Å². The highest BCUT2D eigenvalue weighted by Gasteiger charge is 2.18. The highest BCUT2D eigenvalue weighted by Crippen LogP contribution is 2.25. The number of ether oxygens (including phenoxy) is 1. The Morgan fingerprint density at radius 2 is 1.89 bits per heavy atom. The maximum atomic E-state index is 12.3. The van der Waals surface area contributed by atoms with Gasteiger partial charge in [0.15, 0.2) is 0 Å². The molecule has 0 aliphatic heterocycles. The SMILES string of the molecule is COC(=O)c1cc(CNC(=O)C(C)Sc2ccc(NC(C)=O)cc2)oc1C. The molecule has 0 bridgehead atoms. The topological polar surface area (TPSA) is 97.6 Å². The number of anilines is 1. The maximum absolute atomic E-state index is 12.3. The molecule has 1 aromatic carbocycles. The van der Waals surface area contributed by atoms with Gasteiger partial charge in [-0.1, -0.05) is 0 Å². The minimum atomic E-state index is -0.472. The fourth-order valence-corrected chi connectivity index (χ4v) is 3.23. The number of esters is 1. The van der Waals surface area contributed by atoms with Gasteiger partial charge < -0.3 is 19.8 Å². The lowest BCUT2D eigenvalue weighted by Gasteiger charge is -2.11. The van der Waals surface area contributed by atoms with Gasteiger partial charge in [0.2, 0.25) is 11.8 Å². The molecular formula is C19H22N2O5S. The molecule has 1 heterocycles. The Bertz CT molecular complexity index is 829. The summed E-state index contributed by atoms with van der Waals surface area (Å²) >= 11 is 1.40. The summed E-state index contributed by atoms with van der Waals surface area (Å²) < 4.78 is 10.2. The van der Waals surface area contributed by atoms with E-state index in [4.69, 9.17) is 4.42 Å². The second-order valence-electron chi connectivity index (χ2n) is 5.86. The number of carbonyl (C=O) groups excluding carboxylic acids is 3. The van der Waals surface area contributed by atoms with Crippen LogP contribution in [0, 0.1) is 6.92 Å². The van der Waals surface area contributed by atoms with Crippen molar-refractivity contribution in [3.8, 4) is 0 Å². The lowest BCUT2D eigenvalue weighted by molar-refractivity contribution is -0.120. The molecule has 2 amide bonds. The molecular weight excluding hydrogens is 368 g/mol. The van der Waals surface area contributed by atoms with Crippen molar-refractivity contribution in [3.05, 3.63) is 47.4 Å². The molecule has 144 valence electrons. The van der Waals surface area contributed by atoms with Gasteiger partial charge in [-0.3, -0.25) is 9.59 Å². The Morgan fingerprint density at radius 1 is 1.22 bits per heavy atom. The van der Waals surface area contributed by atoms with Crippen LogP contribution in [0.2, 0.25) is 0 Å². The molecule has 2 N–H and O–H groups in total. The van der Waals surface area contributed by atoms with Gasteiger partial charge in [0.05, 0.1) is 18.9 Å². The summed E-state index contributed by atoms with van der Waals surface area (Å²) in [6.45, 7) is 5.10. The minimum Gasteiger partial charge on any atom is -0.465 e. The third-order valence-corrected chi connectivity index (χ3v) is 4.78. The van der Waals surface area contributed by atoms with Gasteiger partial charge in [0.25, 0.3) is 0 Å². The van der Waals surface area contributed by atoms with Gasteiger partial charge >= 0.3 is 5.97 Å². The molecule has 0 spiro atoms. The second kappa shape index (κ2) is 9.27. The Balaban J connectivity index is 1.88. The largest absolute Gasteiger partial charge is 0.465 e. The Kier molecular flexibility index (Phi) is 7.06. The summed E-state index contributed by atoms with van der Waals surface area (Å²) in [6, 6.07) is 8.83. The van der Waals surface area contributed by atoms with Crippen molar-refractivity contribution in [2.75, 3.05) is 12.4 Å². The van der Waals surface area contributed by atoms with E-state index in [1.54, 1.807) is 32.0 Å². The smallest absolute Gasteiger partial charge is 0.341 e. The van der Waals surface area contributed by atoms with Gasteiger partial charge in [-0.25, -0.2) is 4.79 Å². The monoisotopic (exact) mass is 390 g/mol. The molecule has 0 saturated carbocycles. The molecule has 8 heteroatoms. The van der Waals surface area contributed by atoms with Crippen LogP contribution in [-0.2, 0) is 20.9 Å². The molecule has 2 aromatic rings. The van der Waals surface area contributed by atoms with Crippen LogP contribution in [0.4, 0.5) is 5.69 Å². The number of aryl methyl sites for hydroxylation is 1. The van der Waals surface area contributed by atoms with Gasteiger partial charge in [-0.05, 0) is 44.2 Å². The van der Waals surface area contributed by atoms with Crippen molar-refractivity contribution in [1.82, 2.24) is 5.32 Å². The van der Waals surface area contributed by atoms with Gasteiger partial charge in [-0.15, -0.1) is 11.8 Å². The molecule has 0 aliphatic carbocycles. The highest BCUT2D eigenvalue weighted by molar-refractivity contribution is 8.00. The van der Waals surface area contributed by atoms with Crippen LogP contribution in [-0.4, -0.2) is 30.1 Å². The normalized spacial score (nSPS) is 11.6. The van der Waals surface area contributed by atoms with Crippen molar-refractivity contribution in [1.29, 1.82) is 0 Å². The Labute approximate surface area is 161 Å². The third-order valence-electron chi connectivity index (χ3n) is 3.67. The van der Waals surface area contributed by atoms with E-state index >= 15 is 0 Å². The molecule has 1 unspecified atom stereocenters. The lowest BCUT2D eigenvalue weighted by Crippen LogP contribution is -2.30. The summed E-state index contributed by atoms with van der Waals surface area (Å²) in [7, 11) is 1.30. The van der Waals surface area contributed by atoms with E-state index in [0.717, 1.165) is 4.90 Å². The predicted molar refractivity (Wildman–Crippen MR) is 103 cm³/mol. The Hall–Kier alpha value is -2.74.